The summed E-state index contributed by atoms with van der Waals surface area (Å²) in [5.41, 5.74) is 3.98. The Morgan fingerprint density at radius 3 is 2.83 bits per heavy atom. The number of fused-ring (bicyclic) bond motifs is 1. The summed E-state index contributed by atoms with van der Waals surface area (Å²) in [5, 5.41) is 29.7. The number of hydrogen-bond donors (Lipinski definition) is 7. The predicted molar refractivity (Wildman–Crippen MR) is 76.8 cm³/mol. The fourth-order valence-electron chi connectivity index (χ4n) is 2.72. The number of nitrogens with one attached hydrogen (secondary N) is 2. The molecule has 1 aliphatic heterocycles. The van der Waals surface area contributed by atoms with E-state index in [9.17, 15) is 24.9 Å². The van der Waals surface area contributed by atoms with Crippen molar-refractivity contribution in [2.45, 2.75) is 24.0 Å². The molecule has 9 N–H and O–H groups in total. The summed E-state index contributed by atoms with van der Waals surface area (Å²) < 4.78 is 6.33. The summed E-state index contributed by atoms with van der Waals surface area (Å²) in [6, 6.07) is 0. The van der Waals surface area contributed by atoms with Gasteiger partial charge in [-0.1, -0.05) is 0 Å². The van der Waals surface area contributed by atoms with Crippen LogP contribution >= 0.6 is 0 Å². The summed E-state index contributed by atoms with van der Waals surface area (Å²) in [5.74, 6) is 3.85. The van der Waals surface area contributed by atoms with Crippen molar-refractivity contribution in [1.29, 1.82) is 0 Å². The van der Waals surface area contributed by atoms with Crippen molar-refractivity contribution < 1.29 is 24.9 Å². The number of carbonyl (C=O) groups is 1. The highest BCUT2D eigenvalue weighted by Gasteiger charge is 2.61. The number of aliphatic hydroxyl groups excluding tert-OH is 3. The third-order valence-electron chi connectivity index (χ3n) is 3.86. The number of anilines is 1. The Hall–Kier alpha value is -2.58. The topological polar surface area (TPSA) is 215 Å². The number of aliphatic hydroxyl groups is 3. The fraction of sp³-hybridized carbons (Fsp3) is 0.455. The highest BCUT2D eigenvalue weighted by Crippen LogP contribution is 2.37. The van der Waals surface area contributed by atoms with Crippen molar-refractivity contribution in [3.8, 4) is 0 Å². The SMILES string of the molecule is NNC(=O)[C@@]1(n2cnc3c(=O)[nH]c(N)nc32)O[C@H](CO)[C@@H](O)[C@H]1O. The Morgan fingerprint density at radius 1 is 1.54 bits per heavy atom. The van der Waals surface area contributed by atoms with E-state index in [1.807, 2.05) is 5.43 Å². The van der Waals surface area contributed by atoms with Gasteiger partial charge in [-0.3, -0.25) is 24.6 Å². The zero-order valence-electron chi connectivity index (χ0n) is 12.1. The first-order valence-corrected chi connectivity index (χ1v) is 6.76. The zero-order valence-corrected chi connectivity index (χ0v) is 12.1. The number of aromatic amines is 1. The van der Waals surface area contributed by atoms with Crippen molar-refractivity contribution >= 4 is 23.0 Å². The number of H-pyrrole nitrogens is 1. The number of nitrogens with zero attached hydrogens (tertiary/aromatic N) is 3. The van der Waals surface area contributed by atoms with Gasteiger partial charge in [-0.15, -0.1) is 0 Å². The lowest BCUT2D eigenvalue weighted by atomic mass is 10.0. The second-order valence-electron chi connectivity index (χ2n) is 5.18. The molecule has 0 aromatic carbocycles. The van der Waals surface area contributed by atoms with E-state index in [0.29, 0.717) is 0 Å². The van der Waals surface area contributed by atoms with Crippen LogP contribution in [0.3, 0.4) is 0 Å². The van der Waals surface area contributed by atoms with Crippen LogP contribution in [0.25, 0.3) is 11.2 Å². The molecule has 130 valence electrons. The lowest BCUT2D eigenvalue weighted by molar-refractivity contribution is -0.176. The quantitative estimate of drug-likeness (QED) is 0.161. The van der Waals surface area contributed by atoms with Crippen LogP contribution in [-0.2, 0) is 15.3 Å². The minimum Gasteiger partial charge on any atom is -0.394 e. The second kappa shape index (κ2) is 5.50. The maximum Gasteiger partial charge on any atom is 0.290 e. The van der Waals surface area contributed by atoms with Crippen molar-refractivity contribution in [2.24, 2.45) is 5.84 Å². The van der Waals surface area contributed by atoms with Crippen molar-refractivity contribution in [1.82, 2.24) is 24.9 Å². The fourth-order valence-corrected chi connectivity index (χ4v) is 2.72. The van der Waals surface area contributed by atoms with Gasteiger partial charge in [-0.05, 0) is 0 Å². The molecule has 0 spiro atoms. The number of hydrazine groups is 1. The van der Waals surface area contributed by atoms with Gasteiger partial charge in [0.25, 0.3) is 17.2 Å². The van der Waals surface area contributed by atoms with Crippen LogP contribution < -0.4 is 22.6 Å². The van der Waals surface area contributed by atoms with Gasteiger partial charge in [0.15, 0.2) is 11.2 Å². The van der Waals surface area contributed by atoms with Crippen molar-refractivity contribution in [3.63, 3.8) is 0 Å². The minimum atomic E-state index is -2.30. The zero-order chi connectivity index (χ0) is 17.6. The molecule has 0 bridgehead atoms. The monoisotopic (exact) mass is 341 g/mol. The molecular formula is C11H15N7O6. The summed E-state index contributed by atoms with van der Waals surface area (Å²) >= 11 is 0. The molecule has 3 heterocycles. The van der Waals surface area contributed by atoms with Crippen LogP contribution in [0, 0.1) is 0 Å². The molecule has 0 aliphatic carbocycles. The molecule has 1 fully saturated rings. The number of nitrogen functional groups attached to an aromatic ring is 1. The average Bonchev–Trinajstić information content (AvgIpc) is 3.08. The minimum absolute atomic E-state index is 0.175. The van der Waals surface area contributed by atoms with E-state index in [1.165, 1.54) is 0 Å². The van der Waals surface area contributed by atoms with Crippen LogP contribution in [0.15, 0.2) is 11.1 Å². The summed E-state index contributed by atoms with van der Waals surface area (Å²) in [6.45, 7) is -0.680. The van der Waals surface area contributed by atoms with Gasteiger partial charge in [0.05, 0.1) is 6.61 Å². The second-order valence-corrected chi connectivity index (χ2v) is 5.18. The van der Waals surface area contributed by atoms with Gasteiger partial charge < -0.3 is 25.8 Å². The molecule has 0 saturated carbocycles. The molecule has 1 saturated heterocycles. The third kappa shape index (κ3) is 2.00. The Labute approximate surface area is 132 Å². The predicted octanol–water partition coefficient (Wildman–Crippen LogP) is -4.54. The van der Waals surface area contributed by atoms with Crippen molar-refractivity contribution in [3.05, 3.63) is 16.7 Å². The highest BCUT2D eigenvalue weighted by molar-refractivity contribution is 5.86. The largest absolute Gasteiger partial charge is 0.394 e. The van der Waals surface area contributed by atoms with Crippen LogP contribution in [-0.4, -0.2) is 65.7 Å². The van der Waals surface area contributed by atoms with E-state index in [1.54, 1.807) is 0 Å². The van der Waals surface area contributed by atoms with Gasteiger partial charge in [-0.25, -0.2) is 10.8 Å². The molecule has 2 aromatic heterocycles. The number of rotatable bonds is 3. The number of nitrogens with two attached hydrogens (primary N) is 2. The first-order valence-electron chi connectivity index (χ1n) is 6.76. The first-order chi connectivity index (χ1) is 11.4. The Balaban J connectivity index is 2.30. The number of imidazole rings is 1. The molecular weight excluding hydrogens is 326 g/mol. The molecule has 13 nitrogen and oxygen atoms in total. The van der Waals surface area contributed by atoms with Crippen LogP contribution in [0.5, 0.6) is 0 Å². The van der Waals surface area contributed by atoms with Gasteiger partial charge in [-0.2, -0.15) is 4.98 Å². The number of ether oxygens (including phenoxy) is 1. The first kappa shape index (κ1) is 16.3. The highest BCUT2D eigenvalue weighted by atomic mass is 16.6. The van der Waals surface area contributed by atoms with Crippen molar-refractivity contribution in [2.75, 3.05) is 12.3 Å². The Morgan fingerprint density at radius 2 is 2.25 bits per heavy atom. The number of hydrogen-bond acceptors (Lipinski definition) is 10. The van der Waals surface area contributed by atoms with Gasteiger partial charge in [0.2, 0.25) is 5.95 Å². The lowest BCUT2D eigenvalue weighted by Gasteiger charge is -2.31. The molecule has 1 aliphatic rings. The van der Waals surface area contributed by atoms with E-state index in [4.69, 9.17) is 16.3 Å². The lowest BCUT2D eigenvalue weighted by Crippen LogP contribution is -2.57. The normalized spacial score (nSPS) is 29.9. The summed E-state index contributed by atoms with van der Waals surface area (Å²) in [6.07, 6.45) is -3.71. The maximum absolute atomic E-state index is 12.4. The van der Waals surface area contributed by atoms with Gasteiger partial charge in [0, 0.05) is 0 Å². The number of amides is 1. The van der Waals surface area contributed by atoms with Gasteiger partial charge in [0.1, 0.15) is 24.6 Å². The van der Waals surface area contributed by atoms with Crippen LogP contribution in [0.4, 0.5) is 5.95 Å². The molecule has 0 radical (unpaired) electrons. The van der Waals surface area contributed by atoms with Crippen LogP contribution in [0.2, 0.25) is 0 Å². The Kier molecular flexibility index (Phi) is 3.73. The van der Waals surface area contributed by atoms with E-state index in [2.05, 4.69) is 15.0 Å². The molecule has 24 heavy (non-hydrogen) atoms. The standard InChI is InChI=1S/C11H15N7O6/c12-10-15-7-4(8(22)16-10)14-2-18(7)11(9(23)17-13)6(21)5(20)3(1-19)24-11/h2-3,5-6,19-21H,1,13H2,(H,17,23)(H3,12,15,16,22)/t3-,5-,6-,11+/m1/s1. The molecule has 2 aromatic rings. The molecule has 1 amide bonds. The van der Waals surface area contributed by atoms with E-state index in [0.717, 1.165) is 10.9 Å². The van der Waals surface area contributed by atoms with E-state index in [-0.39, 0.29) is 17.1 Å². The maximum atomic E-state index is 12.4. The van der Waals surface area contributed by atoms with E-state index < -0.39 is 42.1 Å². The summed E-state index contributed by atoms with van der Waals surface area (Å²) in [7, 11) is 0. The molecule has 0 unspecified atom stereocenters. The number of aromatic nitrogens is 4. The average molecular weight is 341 g/mol. The van der Waals surface area contributed by atoms with Crippen LogP contribution in [0.1, 0.15) is 0 Å². The Bertz CT molecular complexity index is 849. The number of carbonyl (C=O) groups excluding carboxylic acids is 1. The summed E-state index contributed by atoms with van der Waals surface area (Å²) in [4.78, 5) is 34.2. The van der Waals surface area contributed by atoms with Gasteiger partial charge >= 0.3 is 0 Å². The van der Waals surface area contributed by atoms with E-state index >= 15 is 0 Å². The molecule has 4 atom stereocenters. The molecule has 13 heteroatoms. The smallest absolute Gasteiger partial charge is 0.290 e. The third-order valence-corrected chi connectivity index (χ3v) is 3.86. The molecule has 3 rings (SSSR count).